The van der Waals surface area contributed by atoms with Crippen LogP contribution in [0.2, 0.25) is 0 Å². The van der Waals surface area contributed by atoms with Gasteiger partial charge in [0, 0.05) is 6.07 Å². The van der Waals surface area contributed by atoms with Crippen LogP contribution in [-0.2, 0) is 16.0 Å². The second-order valence-electron chi connectivity index (χ2n) is 4.68. The van der Waals surface area contributed by atoms with Crippen LogP contribution in [0.5, 0.6) is 5.75 Å². The lowest BCUT2D eigenvalue weighted by atomic mass is 10.1. The summed E-state index contributed by atoms with van der Waals surface area (Å²) in [5, 5.41) is 8.70. The van der Waals surface area contributed by atoms with Crippen molar-refractivity contribution in [3.63, 3.8) is 0 Å². The number of hydrogen-bond donors (Lipinski definition) is 2. The second kappa shape index (κ2) is 7.26. The van der Waals surface area contributed by atoms with Gasteiger partial charge < -0.3 is 19.9 Å². The Morgan fingerprint density at radius 1 is 1.27 bits per heavy atom. The summed E-state index contributed by atoms with van der Waals surface area (Å²) < 4.78 is 9.92. The van der Waals surface area contributed by atoms with E-state index in [1.54, 1.807) is 38.3 Å². The largest absolute Gasteiger partial charge is 0.497 e. The Hall–Kier alpha value is -2.83. The van der Waals surface area contributed by atoms with Gasteiger partial charge in [-0.15, -0.1) is 0 Å². The Morgan fingerprint density at radius 3 is 2.77 bits per heavy atom. The Morgan fingerprint density at radius 2 is 2.09 bits per heavy atom. The summed E-state index contributed by atoms with van der Waals surface area (Å²) in [5.41, 5.74) is 0.810. The molecule has 1 aromatic heterocycles. The van der Waals surface area contributed by atoms with E-state index in [-0.39, 0.29) is 24.8 Å². The predicted octanol–water partition coefficient (Wildman–Crippen LogP) is 1.29. The van der Waals surface area contributed by atoms with Gasteiger partial charge in [0.2, 0.25) is 11.8 Å². The summed E-state index contributed by atoms with van der Waals surface area (Å²) in [4.78, 5) is 23.5. The number of carbonyl (C=O) groups is 2. The number of methoxy groups -OCH3 is 1. The molecule has 116 valence electrons. The van der Waals surface area contributed by atoms with E-state index >= 15 is 0 Å². The number of benzene rings is 1. The quantitative estimate of drug-likeness (QED) is 0.838. The molecule has 0 atom stereocenters. The zero-order valence-corrected chi connectivity index (χ0v) is 12.4. The maximum Gasteiger partial charge on any atom is 0.245 e. The van der Waals surface area contributed by atoms with Crippen molar-refractivity contribution in [2.24, 2.45) is 0 Å². The number of ether oxygens (including phenoxy) is 1. The third kappa shape index (κ3) is 4.62. The lowest BCUT2D eigenvalue weighted by Gasteiger charge is -2.06. The highest BCUT2D eigenvalue weighted by molar-refractivity contribution is 5.94. The van der Waals surface area contributed by atoms with Gasteiger partial charge in [-0.3, -0.25) is 9.59 Å². The standard InChI is InChI=1S/C15H17N3O4/c1-10-6-13(18-22-10)17-15(20)9-16-14(19)8-11-4-3-5-12(7-11)21-2/h3-7H,8-9H2,1-2H3,(H,16,19)(H,17,18,20). The number of nitrogens with zero attached hydrogens (tertiary/aromatic N) is 1. The van der Waals surface area contributed by atoms with Crippen LogP contribution in [0, 0.1) is 6.92 Å². The Balaban J connectivity index is 1.78. The first kappa shape index (κ1) is 15.6. The van der Waals surface area contributed by atoms with Crippen molar-refractivity contribution in [2.75, 3.05) is 19.0 Å². The van der Waals surface area contributed by atoms with Crippen LogP contribution in [0.15, 0.2) is 34.9 Å². The molecule has 0 aliphatic rings. The molecular formula is C15H17N3O4. The minimum atomic E-state index is -0.368. The van der Waals surface area contributed by atoms with E-state index in [0.717, 1.165) is 5.56 Å². The van der Waals surface area contributed by atoms with Crippen molar-refractivity contribution in [3.8, 4) is 5.75 Å². The molecule has 0 radical (unpaired) electrons. The van der Waals surface area contributed by atoms with E-state index in [1.807, 2.05) is 6.07 Å². The minimum Gasteiger partial charge on any atom is -0.497 e. The van der Waals surface area contributed by atoms with E-state index < -0.39 is 0 Å². The van der Waals surface area contributed by atoms with E-state index in [1.165, 1.54) is 0 Å². The van der Waals surface area contributed by atoms with Gasteiger partial charge in [0.1, 0.15) is 11.5 Å². The maximum absolute atomic E-state index is 11.8. The van der Waals surface area contributed by atoms with Crippen LogP contribution in [0.25, 0.3) is 0 Å². The zero-order valence-electron chi connectivity index (χ0n) is 12.4. The number of nitrogens with one attached hydrogen (secondary N) is 2. The molecule has 2 aromatic rings. The first-order valence-electron chi connectivity index (χ1n) is 6.69. The molecule has 7 nitrogen and oxygen atoms in total. The van der Waals surface area contributed by atoms with Crippen LogP contribution in [0.4, 0.5) is 5.82 Å². The number of hydrogen-bond acceptors (Lipinski definition) is 5. The average molecular weight is 303 g/mol. The van der Waals surface area contributed by atoms with Gasteiger partial charge in [0.05, 0.1) is 20.1 Å². The summed E-state index contributed by atoms with van der Waals surface area (Å²) in [6.45, 7) is 1.59. The number of aryl methyl sites for hydroxylation is 1. The maximum atomic E-state index is 11.8. The zero-order chi connectivity index (χ0) is 15.9. The highest BCUT2D eigenvalue weighted by Gasteiger charge is 2.09. The van der Waals surface area contributed by atoms with E-state index in [0.29, 0.717) is 17.3 Å². The molecule has 22 heavy (non-hydrogen) atoms. The molecule has 0 spiro atoms. The normalized spacial score (nSPS) is 10.1. The molecular weight excluding hydrogens is 286 g/mol. The van der Waals surface area contributed by atoms with Crippen LogP contribution >= 0.6 is 0 Å². The van der Waals surface area contributed by atoms with Gasteiger partial charge in [-0.05, 0) is 24.6 Å². The van der Waals surface area contributed by atoms with Crippen LogP contribution < -0.4 is 15.4 Å². The summed E-state index contributed by atoms with van der Waals surface area (Å²) >= 11 is 0. The molecule has 0 aliphatic carbocycles. The van der Waals surface area contributed by atoms with Gasteiger partial charge in [0.15, 0.2) is 5.82 Å². The van der Waals surface area contributed by atoms with Gasteiger partial charge >= 0.3 is 0 Å². The summed E-state index contributed by atoms with van der Waals surface area (Å²) in [7, 11) is 1.56. The molecule has 1 heterocycles. The lowest BCUT2D eigenvalue weighted by Crippen LogP contribution is -2.33. The van der Waals surface area contributed by atoms with Crippen molar-refractivity contribution < 1.29 is 18.8 Å². The SMILES string of the molecule is COc1cccc(CC(=O)NCC(=O)Nc2cc(C)on2)c1. The second-order valence-corrected chi connectivity index (χ2v) is 4.68. The number of anilines is 1. The van der Waals surface area contributed by atoms with Crippen molar-refractivity contribution in [1.29, 1.82) is 0 Å². The van der Waals surface area contributed by atoms with Crippen LogP contribution in [0.1, 0.15) is 11.3 Å². The lowest BCUT2D eigenvalue weighted by molar-refractivity contribution is -0.123. The predicted molar refractivity (Wildman–Crippen MR) is 79.6 cm³/mol. The minimum absolute atomic E-state index is 0.130. The highest BCUT2D eigenvalue weighted by atomic mass is 16.5. The van der Waals surface area contributed by atoms with Crippen molar-refractivity contribution in [1.82, 2.24) is 10.5 Å². The third-order valence-electron chi connectivity index (χ3n) is 2.84. The molecule has 0 aliphatic heterocycles. The number of carbonyl (C=O) groups excluding carboxylic acids is 2. The molecule has 0 unspecified atom stereocenters. The molecule has 0 saturated carbocycles. The summed E-state index contributed by atoms with van der Waals surface area (Å²) in [5.74, 6) is 0.985. The Labute approximate surface area is 127 Å². The smallest absolute Gasteiger partial charge is 0.245 e. The molecule has 1 aromatic carbocycles. The van der Waals surface area contributed by atoms with Gasteiger partial charge in [-0.1, -0.05) is 17.3 Å². The highest BCUT2D eigenvalue weighted by Crippen LogP contribution is 2.12. The first-order valence-corrected chi connectivity index (χ1v) is 6.69. The van der Waals surface area contributed by atoms with Gasteiger partial charge in [0.25, 0.3) is 0 Å². The van der Waals surface area contributed by atoms with Crippen LogP contribution in [-0.4, -0.2) is 30.6 Å². The fourth-order valence-corrected chi connectivity index (χ4v) is 1.82. The Kier molecular flexibility index (Phi) is 5.13. The topological polar surface area (TPSA) is 93.5 Å². The molecule has 0 saturated heterocycles. The number of aromatic nitrogens is 1. The summed E-state index contributed by atoms with van der Waals surface area (Å²) in [6, 6.07) is 8.80. The molecule has 2 amide bonds. The van der Waals surface area contributed by atoms with Gasteiger partial charge in [-0.25, -0.2) is 0 Å². The van der Waals surface area contributed by atoms with Crippen molar-refractivity contribution in [2.45, 2.75) is 13.3 Å². The number of amides is 2. The first-order chi connectivity index (χ1) is 10.6. The molecule has 2 N–H and O–H groups in total. The van der Waals surface area contributed by atoms with E-state index in [9.17, 15) is 9.59 Å². The third-order valence-corrected chi connectivity index (χ3v) is 2.84. The molecule has 0 fully saturated rings. The molecule has 0 bridgehead atoms. The fraction of sp³-hybridized carbons (Fsp3) is 0.267. The fourth-order valence-electron chi connectivity index (χ4n) is 1.82. The molecule has 7 heteroatoms. The van der Waals surface area contributed by atoms with Crippen LogP contribution in [0.3, 0.4) is 0 Å². The summed E-state index contributed by atoms with van der Waals surface area (Å²) in [6.07, 6.45) is 0.174. The van der Waals surface area contributed by atoms with E-state index in [4.69, 9.17) is 9.26 Å². The van der Waals surface area contributed by atoms with E-state index in [2.05, 4.69) is 15.8 Å². The molecule has 2 rings (SSSR count). The van der Waals surface area contributed by atoms with Crippen molar-refractivity contribution in [3.05, 3.63) is 41.7 Å². The monoisotopic (exact) mass is 303 g/mol. The van der Waals surface area contributed by atoms with Crippen molar-refractivity contribution >= 4 is 17.6 Å². The Bertz CT molecular complexity index is 666. The number of rotatable bonds is 6. The van der Waals surface area contributed by atoms with Gasteiger partial charge in [-0.2, -0.15) is 0 Å². The average Bonchev–Trinajstić information content (AvgIpc) is 2.90.